The Balaban J connectivity index is 1.83. The molecule has 1 aromatic carbocycles. The van der Waals surface area contributed by atoms with Crippen molar-refractivity contribution in [2.24, 2.45) is 0 Å². The smallest absolute Gasteiger partial charge is 0.305 e. The number of furan rings is 1. The van der Waals surface area contributed by atoms with Crippen LogP contribution in [0, 0.1) is 6.92 Å². The molecule has 0 atom stereocenters. The van der Waals surface area contributed by atoms with Crippen molar-refractivity contribution in [3.05, 3.63) is 60.0 Å². The molecule has 0 saturated carbocycles. The predicted octanol–water partition coefficient (Wildman–Crippen LogP) is 3.12. The maximum atomic E-state index is 12.7. The second-order valence-corrected chi connectivity index (χ2v) is 6.02. The zero-order valence-corrected chi connectivity index (χ0v) is 15.3. The Hall–Kier alpha value is -3.35. The number of hydrogen-bond acceptors (Lipinski definition) is 5. The number of benzene rings is 1. The van der Waals surface area contributed by atoms with Crippen LogP contribution >= 0.6 is 0 Å². The van der Waals surface area contributed by atoms with E-state index >= 15 is 0 Å². The summed E-state index contributed by atoms with van der Waals surface area (Å²) in [7, 11) is 1.34. The van der Waals surface area contributed by atoms with E-state index in [1.54, 1.807) is 16.9 Å². The number of rotatable bonds is 7. The number of carbonyl (C=O) groups is 2. The molecule has 0 saturated heterocycles. The first-order chi connectivity index (χ1) is 13.1. The average Bonchev–Trinajstić information content (AvgIpc) is 3.32. The second-order valence-electron chi connectivity index (χ2n) is 6.02. The van der Waals surface area contributed by atoms with E-state index < -0.39 is 0 Å². The number of esters is 1. The highest BCUT2D eigenvalue weighted by molar-refractivity contribution is 5.99. The Bertz CT molecular complexity index is 928. The van der Waals surface area contributed by atoms with E-state index in [2.05, 4.69) is 15.2 Å². The van der Waals surface area contributed by atoms with Gasteiger partial charge in [0.1, 0.15) is 11.5 Å². The number of methoxy groups -OCH3 is 1. The summed E-state index contributed by atoms with van der Waals surface area (Å²) < 4.78 is 11.9. The molecule has 140 valence electrons. The van der Waals surface area contributed by atoms with Crippen LogP contribution in [0.2, 0.25) is 0 Å². The lowest BCUT2D eigenvalue weighted by Gasteiger charge is -2.04. The highest BCUT2D eigenvalue weighted by atomic mass is 16.5. The Labute approximate surface area is 156 Å². The third-order valence-corrected chi connectivity index (χ3v) is 4.02. The summed E-state index contributed by atoms with van der Waals surface area (Å²) in [5, 5.41) is 7.36. The van der Waals surface area contributed by atoms with Crippen molar-refractivity contribution in [1.29, 1.82) is 0 Å². The molecular formula is C20H21N3O4. The summed E-state index contributed by atoms with van der Waals surface area (Å²) in [5.74, 6) is 0.699. The highest BCUT2D eigenvalue weighted by Gasteiger charge is 2.20. The van der Waals surface area contributed by atoms with Gasteiger partial charge in [-0.15, -0.1) is 0 Å². The number of aromatic nitrogens is 2. The average molecular weight is 367 g/mol. The molecule has 0 aliphatic heterocycles. The number of carbonyl (C=O) groups excluding carboxylic acids is 2. The maximum absolute atomic E-state index is 12.7. The number of ether oxygens (including phenoxy) is 1. The molecule has 1 N–H and O–H groups in total. The fraction of sp³-hybridized carbons (Fsp3) is 0.250. The molecule has 1 amide bonds. The van der Waals surface area contributed by atoms with Crippen LogP contribution < -0.4 is 5.32 Å². The summed E-state index contributed by atoms with van der Waals surface area (Å²) in [4.78, 5) is 23.8. The van der Waals surface area contributed by atoms with Crippen molar-refractivity contribution < 1.29 is 18.7 Å². The third-order valence-electron chi connectivity index (χ3n) is 4.02. The zero-order chi connectivity index (χ0) is 19.2. The largest absolute Gasteiger partial charge is 0.469 e. The highest BCUT2D eigenvalue weighted by Crippen LogP contribution is 2.25. The quantitative estimate of drug-likeness (QED) is 0.512. The lowest BCUT2D eigenvalue weighted by Crippen LogP contribution is -2.25. The van der Waals surface area contributed by atoms with E-state index in [9.17, 15) is 9.59 Å². The van der Waals surface area contributed by atoms with Crippen molar-refractivity contribution in [2.75, 3.05) is 13.7 Å². The van der Waals surface area contributed by atoms with E-state index in [0.717, 1.165) is 11.4 Å². The van der Waals surface area contributed by atoms with Crippen molar-refractivity contribution in [2.45, 2.75) is 19.8 Å². The third kappa shape index (κ3) is 4.44. The molecule has 27 heavy (non-hydrogen) atoms. The fourth-order valence-electron chi connectivity index (χ4n) is 2.63. The Kier molecular flexibility index (Phi) is 5.71. The van der Waals surface area contributed by atoms with Gasteiger partial charge in [-0.2, -0.15) is 5.10 Å². The Morgan fingerprint density at radius 1 is 1.19 bits per heavy atom. The molecule has 2 heterocycles. The normalized spacial score (nSPS) is 10.6. The van der Waals surface area contributed by atoms with Crippen LogP contribution in [-0.2, 0) is 9.53 Å². The van der Waals surface area contributed by atoms with Crippen LogP contribution in [0.15, 0.2) is 53.1 Å². The van der Waals surface area contributed by atoms with Gasteiger partial charge in [-0.3, -0.25) is 9.59 Å². The van der Waals surface area contributed by atoms with Gasteiger partial charge < -0.3 is 14.5 Å². The topological polar surface area (TPSA) is 86.4 Å². The second kappa shape index (κ2) is 8.35. The first-order valence-electron chi connectivity index (χ1n) is 8.65. The summed E-state index contributed by atoms with van der Waals surface area (Å²) in [6, 6.07) is 13.2. The van der Waals surface area contributed by atoms with E-state index in [0.29, 0.717) is 30.0 Å². The number of amides is 1. The van der Waals surface area contributed by atoms with Gasteiger partial charge in [-0.1, -0.05) is 18.2 Å². The molecule has 0 unspecified atom stereocenters. The summed E-state index contributed by atoms with van der Waals surface area (Å²) in [5.41, 5.74) is 1.72. The summed E-state index contributed by atoms with van der Waals surface area (Å²) in [6.45, 7) is 2.20. The molecule has 7 heteroatoms. The van der Waals surface area contributed by atoms with E-state index in [4.69, 9.17) is 4.42 Å². The number of aryl methyl sites for hydroxylation is 1. The van der Waals surface area contributed by atoms with Gasteiger partial charge >= 0.3 is 5.97 Å². The molecule has 7 nitrogen and oxygen atoms in total. The van der Waals surface area contributed by atoms with Gasteiger partial charge in [-0.25, -0.2) is 4.68 Å². The van der Waals surface area contributed by atoms with Gasteiger partial charge in [0, 0.05) is 19.2 Å². The van der Waals surface area contributed by atoms with Gasteiger partial charge in [0.2, 0.25) is 0 Å². The summed E-state index contributed by atoms with van der Waals surface area (Å²) >= 11 is 0. The van der Waals surface area contributed by atoms with Crippen LogP contribution in [0.4, 0.5) is 0 Å². The number of hydrogen-bond donors (Lipinski definition) is 1. The molecule has 0 spiro atoms. The van der Waals surface area contributed by atoms with Crippen LogP contribution in [0.1, 0.15) is 29.0 Å². The van der Waals surface area contributed by atoms with Crippen molar-refractivity contribution in [3.63, 3.8) is 0 Å². The lowest BCUT2D eigenvalue weighted by molar-refractivity contribution is -0.140. The Morgan fingerprint density at radius 2 is 1.96 bits per heavy atom. The standard InChI is InChI=1S/C20H21N3O4/c1-14-10-11-17(27-14)19-16(20(25)21-12-6-9-18(24)26-2)13-23(22-19)15-7-4-3-5-8-15/h3-5,7-8,10-11,13H,6,9,12H2,1-2H3,(H,21,25). The van der Waals surface area contributed by atoms with Crippen molar-refractivity contribution in [3.8, 4) is 17.1 Å². The van der Waals surface area contributed by atoms with Crippen LogP contribution in [0.3, 0.4) is 0 Å². The van der Waals surface area contributed by atoms with Crippen molar-refractivity contribution in [1.82, 2.24) is 15.1 Å². The number of para-hydroxylation sites is 1. The predicted molar refractivity (Wildman–Crippen MR) is 99.6 cm³/mol. The van der Waals surface area contributed by atoms with Gasteiger partial charge in [0.25, 0.3) is 5.91 Å². The molecule has 0 aliphatic rings. The maximum Gasteiger partial charge on any atom is 0.305 e. The number of nitrogens with one attached hydrogen (secondary N) is 1. The molecule has 0 bridgehead atoms. The fourth-order valence-corrected chi connectivity index (χ4v) is 2.63. The SMILES string of the molecule is COC(=O)CCCNC(=O)c1cn(-c2ccccc2)nc1-c1ccc(C)o1. The van der Waals surface area contributed by atoms with Crippen LogP contribution in [0.5, 0.6) is 0 Å². The molecule has 0 fully saturated rings. The van der Waals surface area contributed by atoms with Crippen LogP contribution in [-0.4, -0.2) is 35.3 Å². The minimum Gasteiger partial charge on any atom is -0.469 e. The van der Waals surface area contributed by atoms with Gasteiger partial charge in [-0.05, 0) is 37.6 Å². The lowest BCUT2D eigenvalue weighted by atomic mass is 10.2. The van der Waals surface area contributed by atoms with Gasteiger partial charge in [0.15, 0.2) is 5.76 Å². The molecule has 3 rings (SSSR count). The molecule has 0 radical (unpaired) electrons. The summed E-state index contributed by atoms with van der Waals surface area (Å²) in [6.07, 6.45) is 2.43. The molecule has 3 aromatic rings. The van der Waals surface area contributed by atoms with Crippen molar-refractivity contribution >= 4 is 11.9 Å². The molecule has 0 aliphatic carbocycles. The van der Waals surface area contributed by atoms with Crippen LogP contribution in [0.25, 0.3) is 17.1 Å². The first kappa shape index (κ1) is 18.4. The molecular weight excluding hydrogens is 346 g/mol. The Morgan fingerprint density at radius 3 is 2.63 bits per heavy atom. The van der Waals surface area contributed by atoms with E-state index in [1.165, 1.54) is 7.11 Å². The minimum atomic E-state index is -0.298. The number of nitrogens with zero attached hydrogens (tertiary/aromatic N) is 2. The minimum absolute atomic E-state index is 0.254. The zero-order valence-electron chi connectivity index (χ0n) is 15.3. The van der Waals surface area contributed by atoms with E-state index in [1.807, 2.05) is 43.3 Å². The monoisotopic (exact) mass is 367 g/mol. The molecule has 2 aromatic heterocycles. The van der Waals surface area contributed by atoms with E-state index in [-0.39, 0.29) is 18.3 Å². The first-order valence-corrected chi connectivity index (χ1v) is 8.65. The van der Waals surface area contributed by atoms with Gasteiger partial charge in [0.05, 0.1) is 18.4 Å².